The summed E-state index contributed by atoms with van der Waals surface area (Å²) in [4.78, 5) is 26.5. The Bertz CT molecular complexity index is 650. The summed E-state index contributed by atoms with van der Waals surface area (Å²) in [6.45, 7) is 5.92. The van der Waals surface area contributed by atoms with Gasteiger partial charge in [0, 0.05) is 50.5 Å². The Morgan fingerprint density at radius 1 is 1.00 bits per heavy atom. The van der Waals surface area contributed by atoms with E-state index in [9.17, 15) is 4.79 Å². The minimum atomic E-state index is -0.00391. The van der Waals surface area contributed by atoms with Crippen LogP contribution in [0, 0.1) is 23.2 Å². The molecule has 1 aliphatic heterocycles. The SMILES string of the molecule is O=C(NCCCN1CCN(c2ncccn2)CC1)C12CC3CC(CC(C3)C1)C2. The van der Waals surface area contributed by atoms with Crippen molar-refractivity contribution in [2.45, 2.75) is 44.9 Å². The van der Waals surface area contributed by atoms with E-state index in [4.69, 9.17) is 0 Å². The van der Waals surface area contributed by atoms with E-state index in [1.807, 2.05) is 6.07 Å². The second-order valence-corrected chi connectivity index (χ2v) is 9.68. The molecular formula is C22H33N5O. The molecule has 6 rings (SSSR count). The lowest BCUT2D eigenvalue weighted by Gasteiger charge is -2.55. The average Bonchev–Trinajstić information content (AvgIpc) is 2.71. The van der Waals surface area contributed by atoms with Crippen molar-refractivity contribution in [2.24, 2.45) is 23.2 Å². The number of piperazine rings is 1. The normalized spacial score (nSPS) is 34.6. The summed E-state index contributed by atoms with van der Waals surface area (Å²) < 4.78 is 0. The van der Waals surface area contributed by atoms with Gasteiger partial charge in [0.05, 0.1) is 0 Å². The van der Waals surface area contributed by atoms with E-state index < -0.39 is 0 Å². The van der Waals surface area contributed by atoms with Crippen LogP contribution in [0.1, 0.15) is 44.9 Å². The van der Waals surface area contributed by atoms with E-state index >= 15 is 0 Å². The van der Waals surface area contributed by atoms with Crippen LogP contribution in [0.3, 0.4) is 0 Å². The number of carbonyl (C=O) groups is 1. The molecule has 5 aliphatic rings. The molecule has 1 amide bonds. The molecule has 6 heteroatoms. The highest BCUT2D eigenvalue weighted by Crippen LogP contribution is 2.60. The van der Waals surface area contributed by atoms with Crippen molar-refractivity contribution in [3.8, 4) is 0 Å². The fourth-order valence-corrected chi connectivity index (χ4v) is 6.71. The number of amides is 1. The molecule has 0 spiro atoms. The zero-order valence-electron chi connectivity index (χ0n) is 16.9. The first-order chi connectivity index (χ1) is 13.7. The van der Waals surface area contributed by atoms with Crippen molar-refractivity contribution in [1.29, 1.82) is 0 Å². The zero-order chi connectivity index (χ0) is 19.0. The standard InChI is InChI=1S/C22H33N5O/c28-20(22-14-17-11-18(15-22)13-19(12-17)16-22)23-5-2-6-26-7-9-27(10-8-26)21-24-3-1-4-25-21/h1,3-4,17-19H,2,5-16H2,(H,23,28). The van der Waals surface area contributed by atoms with Crippen LogP contribution in [-0.2, 0) is 4.79 Å². The summed E-state index contributed by atoms with van der Waals surface area (Å²) in [5, 5.41) is 3.32. The van der Waals surface area contributed by atoms with Crippen LogP contribution in [0.2, 0.25) is 0 Å². The molecule has 0 radical (unpaired) electrons. The number of rotatable bonds is 6. The molecule has 0 unspecified atom stereocenters. The minimum absolute atomic E-state index is 0.00391. The summed E-state index contributed by atoms with van der Waals surface area (Å²) in [7, 11) is 0. The van der Waals surface area contributed by atoms with Crippen LogP contribution < -0.4 is 10.2 Å². The van der Waals surface area contributed by atoms with Gasteiger partial charge in [-0.15, -0.1) is 0 Å². The van der Waals surface area contributed by atoms with Gasteiger partial charge in [-0.05, 0) is 75.3 Å². The van der Waals surface area contributed by atoms with Crippen LogP contribution in [0.25, 0.3) is 0 Å². The summed E-state index contributed by atoms with van der Waals surface area (Å²) in [5.41, 5.74) is -0.00391. The van der Waals surface area contributed by atoms with Crippen LogP contribution in [0.4, 0.5) is 5.95 Å². The van der Waals surface area contributed by atoms with Gasteiger partial charge < -0.3 is 10.2 Å². The van der Waals surface area contributed by atoms with Gasteiger partial charge >= 0.3 is 0 Å². The Morgan fingerprint density at radius 3 is 2.21 bits per heavy atom. The van der Waals surface area contributed by atoms with E-state index in [2.05, 4.69) is 25.1 Å². The highest BCUT2D eigenvalue weighted by molar-refractivity contribution is 5.83. The molecule has 6 nitrogen and oxygen atoms in total. The number of nitrogens with zero attached hydrogens (tertiary/aromatic N) is 4. The molecule has 0 atom stereocenters. The molecule has 1 saturated heterocycles. The number of aromatic nitrogens is 2. The van der Waals surface area contributed by atoms with Crippen LogP contribution in [0.5, 0.6) is 0 Å². The third-order valence-corrected chi connectivity index (χ3v) is 7.66. The molecule has 1 aromatic rings. The number of hydrogen-bond acceptors (Lipinski definition) is 5. The molecule has 152 valence electrons. The molecule has 0 aromatic carbocycles. The van der Waals surface area contributed by atoms with E-state index in [-0.39, 0.29) is 5.41 Å². The highest BCUT2D eigenvalue weighted by atomic mass is 16.2. The third kappa shape index (κ3) is 3.63. The van der Waals surface area contributed by atoms with Crippen LogP contribution in [-0.4, -0.2) is 60.0 Å². The maximum absolute atomic E-state index is 13.0. The summed E-state index contributed by atoms with van der Waals surface area (Å²) in [6.07, 6.45) is 12.3. The summed E-state index contributed by atoms with van der Waals surface area (Å²) in [6, 6.07) is 1.86. The van der Waals surface area contributed by atoms with Crippen LogP contribution >= 0.6 is 0 Å². The van der Waals surface area contributed by atoms with Gasteiger partial charge in [0.1, 0.15) is 0 Å². The Labute approximate surface area is 168 Å². The minimum Gasteiger partial charge on any atom is -0.356 e. The Kier molecular flexibility index (Phi) is 4.99. The largest absolute Gasteiger partial charge is 0.356 e. The lowest BCUT2D eigenvalue weighted by Crippen LogP contribution is -2.53. The Balaban J connectivity index is 1.03. The molecule has 28 heavy (non-hydrogen) atoms. The number of carbonyl (C=O) groups excluding carboxylic acids is 1. The predicted octanol–water partition coefficient (Wildman–Crippen LogP) is 2.32. The highest BCUT2D eigenvalue weighted by Gasteiger charge is 2.54. The fraction of sp³-hybridized carbons (Fsp3) is 0.773. The summed E-state index contributed by atoms with van der Waals surface area (Å²) in [5.74, 6) is 3.72. The van der Waals surface area contributed by atoms with Crippen molar-refractivity contribution in [3.63, 3.8) is 0 Å². The molecule has 4 aliphatic carbocycles. The van der Waals surface area contributed by atoms with Crippen molar-refractivity contribution in [1.82, 2.24) is 20.2 Å². The summed E-state index contributed by atoms with van der Waals surface area (Å²) >= 11 is 0. The first kappa shape index (κ1) is 18.3. The van der Waals surface area contributed by atoms with Crippen molar-refractivity contribution in [3.05, 3.63) is 18.5 Å². The molecule has 4 saturated carbocycles. The first-order valence-electron chi connectivity index (χ1n) is 11.2. The van der Waals surface area contributed by atoms with Gasteiger partial charge in [0.2, 0.25) is 11.9 Å². The molecule has 1 aromatic heterocycles. The van der Waals surface area contributed by atoms with Gasteiger partial charge in [-0.2, -0.15) is 0 Å². The number of hydrogen-bond donors (Lipinski definition) is 1. The molecule has 5 fully saturated rings. The predicted molar refractivity (Wildman–Crippen MR) is 109 cm³/mol. The maximum atomic E-state index is 13.0. The first-order valence-corrected chi connectivity index (χ1v) is 11.2. The number of nitrogens with one attached hydrogen (secondary N) is 1. The molecule has 4 bridgehead atoms. The maximum Gasteiger partial charge on any atom is 0.226 e. The second-order valence-electron chi connectivity index (χ2n) is 9.68. The topological polar surface area (TPSA) is 61.4 Å². The lowest BCUT2D eigenvalue weighted by atomic mass is 9.49. The third-order valence-electron chi connectivity index (χ3n) is 7.66. The smallest absolute Gasteiger partial charge is 0.226 e. The Hall–Kier alpha value is -1.69. The quantitative estimate of drug-likeness (QED) is 0.764. The lowest BCUT2D eigenvalue weighted by molar-refractivity contribution is -0.146. The van der Waals surface area contributed by atoms with Crippen molar-refractivity contribution >= 4 is 11.9 Å². The van der Waals surface area contributed by atoms with Gasteiger partial charge in [-0.25, -0.2) is 9.97 Å². The Morgan fingerprint density at radius 2 is 1.61 bits per heavy atom. The monoisotopic (exact) mass is 383 g/mol. The number of anilines is 1. The van der Waals surface area contributed by atoms with Crippen molar-refractivity contribution in [2.75, 3.05) is 44.2 Å². The van der Waals surface area contributed by atoms with E-state index in [0.717, 1.165) is 88.7 Å². The molecule has 1 N–H and O–H groups in total. The average molecular weight is 384 g/mol. The van der Waals surface area contributed by atoms with Gasteiger partial charge in [-0.3, -0.25) is 9.69 Å². The second kappa shape index (κ2) is 7.62. The van der Waals surface area contributed by atoms with Gasteiger partial charge in [0.15, 0.2) is 0 Å². The zero-order valence-corrected chi connectivity index (χ0v) is 16.9. The molecular weight excluding hydrogens is 350 g/mol. The van der Waals surface area contributed by atoms with E-state index in [0.29, 0.717) is 5.91 Å². The van der Waals surface area contributed by atoms with E-state index in [1.54, 1.807) is 12.4 Å². The van der Waals surface area contributed by atoms with E-state index in [1.165, 1.54) is 19.3 Å². The molecule has 2 heterocycles. The van der Waals surface area contributed by atoms with Gasteiger partial charge in [-0.1, -0.05) is 0 Å². The van der Waals surface area contributed by atoms with Crippen molar-refractivity contribution < 1.29 is 4.79 Å². The van der Waals surface area contributed by atoms with Crippen LogP contribution in [0.15, 0.2) is 18.5 Å². The fourth-order valence-electron chi connectivity index (χ4n) is 6.71. The van der Waals surface area contributed by atoms with Gasteiger partial charge in [0.25, 0.3) is 0 Å².